The largest absolute Gasteiger partial charge is 0.294 e. The number of nitrogens with zero attached hydrogens (tertiary/aromatic N) is 4. The molecule has 0 spiro atoms. The molecule has 190 valence electrons. The molecule has 4 aromatic rings. The van der Waals surface area contributed by atoms with Gasteiger partial charge in [-0.15, -0.1) is 11.3 Å². The minimum Gasteiger partial charge on any atom is -0.294 e. The van der Waals surface area contributed by atoms with Crippen molar-refractivity contribution in [2.75, 3.05) is 12.0 Å². The van der Waals surface area contributed by atoms with Crippen LogP contribution in [-0.2, 0) is 19.5 Å². The standard InChI is InChI=1S/C29H30ClN5OS/c30-22-13-11-20(12-14-22)17-31-33-29-32-27-26(28(36)35(29)23-9-5-2-6-10-23)24-15-16-34(19-25(24)37-27)18-21-7-3-1-4-8-21/h1,3-4,7-8,11-14,17,23H,2,5-6,9-10,15-16,18-19H2,(H,32,33). The Labute approximate surface area is 225 Å². The van der Waals surface area contributed by atoms with E-state index in [2.05, 4.69) is 45.8 Å². The van der Waals surface area contributed by atoms with Gasteiger partial charge in [0.25, 0.3) is 5.56 Å². The minimum atomic E-state index is 0.0788. The molecule has 0 radical (unpaired) electrons. The second kappa shape index (κ2) is 10.8. The summed E-state index contributed by atoms with van der Waals surface area (Å²) in [6.45, 7) is 2.72. The first-order chi connectivity index (χ1) is 18.2. The predicted molar refractivity (Wildman–Crippen MR) is 153 cm³/mol. The van der Waals surface area contributed by atoms with Crippen molar-refractivity contribution in [2.24, 2.45) is 5.10 Å². The molecule has 0 atom stereocenters. The number of benzene rings is 2. The summed E-state index contributed by atoms with van der Waals surface area (Å²) < 4.78 is 1.89. The van der Waals surface area contributed by atoms with Gasteiger partial charge in [0, 0.05) is 35.6 Å². The lowest BCUT2D eigenvalue weighted by Crippen LogP contribution is -2.31. The molecule has 3 heterocycles. The number of anilines is 1. The van der Waals surface area contributed by atoms with E-state index < -0.39 is 0 Å². The van der Waals surface area contributed by atoms with Crippen molar-refractivity contribution in [3.8, 4) is 0 Å². The van der Waals surface area contributed by atoms with Crippen molar-refractivity contribution in [3.63, 3.8) is 0 Å². The van der Waals surface area contributed by atoms with Crippen LogP contribution in [0.25, 0.3) is 10.2 Å². The van der Waals surface area contributed by atoms with Crippen LogP contribution < -0.4 is 11.0 Å². The number of hydrazone groups is 1. The summed E-state index contributed by atoms with van der Waals surface area (Å²) in [6, 6.07) is 18.2. The number of aromatic nitrogens is 2. The summed E-state index contributed by atoms with van der Waals surface area (Å²) in [5.74, 6) is 0.536. The van der Waals surface area contributed by atoms with Crippen LogP contribution in [0.4, 0.5) is 5.95 Å². The molecule has 0 bridgehead atoms. The maximum Gasteiger partial charge on any atom is 0.264 e. The van der Waals surface area contributed by atoms with Crippen LogP contribution in [0.1, 0.15) is 59.7 Å². The topological polar surface area (TPSA) is 62.5 Å². The molecule has 2 aromatic carbocycles. The Balaban J connectivity index is 1.34. The average Bonchev–Trinajstić information content (AvgIpc) is 3.29. The fraction of sp³-hybridized carbons (Fsp3) is 0.345. The van der Waals surface area contributed by atoms with Gasteiger partial charge in [-0.3, -0.25) is 14.3 Å². The highest BCUT2D eigenvalue weighted by Crippen LogP contribution is 2.36. The molecule has 1 fully saturated rings. The average molecular weight is 532 g/mol. The van der Waals surface area contributed by atoms with Gasteiger partial charge >= 0.3 is 0 Å². The normalized spacial score (nSPS) is 16.9. The van der Waals surface area contributed by atoms with E-state index in [4.69, 9.17) is 16.6 Å². The lowest BCUT2D eigenvalue weighted by Gasteiger charge is -2.27. The van der Waals surface area contributed by atoms with Gasteiger partial charge in [0.2, 0.25) is 5.95 Å². The Hall–Kier alpha value is -3.00. The summed E-state index contributed by atoms with van der Waals surface area (Å²) in [5.41, 5.74) is 6.63. The second-order valence-corrected chi connectivity index (χ2v) is 11.5. The molecule has 1 saturated carbocycles. The molecule has 1 N–H and O–H groups in total. The highest BCUT2D eigenvalue weighted by molar-refractivity contribution is 7.18. The van der Waals surface area contributed by atoms with Gasteiger partial charge in [0.1, 0.15) is 4.83 Å². The number of thiophene rings is 1. The Morgan fingerprint density at radius 2 is 1.86 bits per heavy atom. The second-order valence-electron chi connectivity index (χ2n) is 9.95. The zero-order valence-electron chi connectivity index (χ0n) is 20.7. The van der Waals surface area contributed by atoms with Crippen molar-refractivity contribution >= 4 is 45.3 Å². The maximum absolute atomic E-state index is 14.0. The summed E-state index contributed by atoms with van der Waals surface area (Å²) in [7, 11) is 0. The zero-order valence-corrected chi connectivity index (χ0v) is 22.3. The molecule has 6 nitrogen and oxygen atoms in total. The highest BCUT2D eigenvalue weighted by atomic mass is 35.5. The molecule has 8 heteroatoms. The van der Waals surface area contributed by atoms with E-state index in [1.165, 1.54) is 22.4 Å². The van der Waals surface area contributed by atoms with Gasteiger partial charge in [-0.05, 0) is 48.1 Å². The molecule has 2 aliphatic rings. The highest BCUT2D eigenvalue weighted by Gasteiger charge is 2.28. The van der Waals surface area contributed by atoms with Crippen molar-refractivity contribution in [3.05, 3.63) is 91.5 Å². The first kappa shape index (κ1) is 24.3. The van der Waals surface area contributed by atoms with E-state index in [0.717, 1.165) is 67.5 Å². The summed E-state index contributed by atoms with van der Waals surface area (Å²) in [6.07, 6.45) is 8.12. The Kier molecular flexibility index (Phi) is 7.09. The van der Waals surface area contributed by atoms with Crippen LogP contribution in [-0.4, -0.2) is 27.2 Å². The van der Waals surface area contributed by atoms with Crippen LogP contribution in [0.2, 0.25) is 5.02 Å². The van der Waals surface area contributed by atoms with Crippen LogP contribution in [0.5, 0.6) is 0 Å². The Morgan fingerprint density at radius 1 is 1.08 bits per heavy atom. The van der Waals surface area contributed by atoms with E-state index >= 15 is 0 Å². The van der Waals surface area contributed by atoms with Gasteiger partial charge in [-0.2, -0.15) is 5.10 Å². The zero-order chi connectivity index (χ0) is 25.2. The quantitative estimate of drug-likeness (QED) is 0.224. The molecule has 6 rings (SSSR count). The smallest absolute Gasteiger partial charge is 0.264 e. The van der Waals surface area contributed by atoms with Crippen molar-refractivity contribution < 1.29 is 0 Å². The predicted octanol–water partition coefficient (Wildman–Crippen LogP) is 6.62. The van der Waals surface area contributed by atoms with Crippen molar-refractivity contribution in [1.82, 2.24) is 14.5 Å². The maximum atomic E-state index is 14.0. The fourth-order valence-electron chi connectivity index (χ4n) is 5.55. The van der Waals surface area contributed by atoms with E-state index in [1.807, 2.05) is 28.8 Å². The number of rotatable bonds is 6. The number of hydrogen-bond donors (Lipinski definition) is 1. The van der Waals surface area contributed by atoms with Crippen LogP contribution in [0.15, 0.2) is 64.5 Å². The van der Waals surface area contributed by atoms with Crippen LogP contribution in [0.3, 0.4) is 0 Å². The van der Waals surface area contributed by atoms with E-state index in [0.29, 0.717) is 11.0 Å². The number of fused-ring (bicyclic) bond motifs is 3. The molecule has 0 amide bonds. The third-order valence-corrected chi connectivity index (χ3v) is 8.79. The Bertz CT molecular complexity index is 1470. The molecule has 2 aromatic heterocycles. The van der Waals surface area contributed by atoms with Gasteiger partial charge in [-0.25, -0.2) is 10.4 Å². The minimum absolute atomic E-state index is 0.0788. The van der Waals surface area contributed by atoms with Gasteiger partial charge in [-0.1, -0.05) is 73.3 Å². The van der Waals surface area contributed by atoms with Crippen molar-refractivity contribution in [1.29, 1.82) is 0 Å². The van der Waals surface area contributed by atoms with Gasteiger partial charge in [0.05, 0.1) is 11.6 Å². The molecular formula is C29H30ClN5OS. The van der Waals surface area contributed by atoms with E-state index in [-0.39, 0.29) is 11.6 Å². The first-order valence-electron chi connectivity index (χ1n) is 13.0. The molecule has 0 saturated heterocycles. The van der Waals surface area contributed by atoms with Gasteiger partial charge < -0.3 is 0 Å². The third kappa shape index (κ3) is 5.21. The lowest BCUT2D eigenvalue weighted by atomic mass is 9.95. The molecular weight excluding hydrogens is 502 g/mol. The molecule has 1 aliphatic carbocycles. The number of halogens is 1. The SMILES string of the molecule is O=c1c2c3c(sc2nc(NN=Cc2ccc(Cl)cc2)n1C1CCCCC1)CN(Cc1ccccc1)CC3. The summed E-state index contributed by atoms with van der Waals surface area (Å²) >= 11 is 7.66. The van der Waals surface area contributed by atoms with Gasteiger partial charge in [0.15, 0.2) is 0 Å². The lowest BCUT2D eigenvalue weighted by molar-refractivity contribution is 0.249. The first-order valence-corrected chi connectivity index (χ1v) is 14.2. The molecule has 0 unspecified atom stereocenters. The van der Waals surface area contributed by atoms with Crippen LogP contribution in [0, 0.1) is 0 Å². The summed E-state index contributed by atoms with van der Waals surface area (Å²) in [4.78, 5) is 23.6. The summed E-state index contributed by atoms with van der Waals surface area (Å²) in [5, 5.41) is 5.95. The number of nitrogens with one attached hydrogen (secondary N) is 1. The molecule has 37 heavy (non-hydrogen) atoms. The van der Waals surface area contributed by atoms with Crippen molar-refractivity contribution in [2.45, 2.75) is 57.7 Å². The third-order valence-electron chi connectivity index (χ3n) is 7.42. The fourth-order valence-corrected chi connectivity index (χ4v) is 6.93. The number of hydrogen-bond acceptors (Lipinski definition) is 6. The Morgan fingerprint density at radius 3 is 2.65 bits per heavy atom. The van der Waals surface area contributed by atoms with Crippen LogP contribution >= 0.6 is 22.9 Å². The molecule has 1 aliphatic heterocycles. The monoisotopic (exact) mass is 531 g/mol. The van der Waals surface area contributed by atoms with E-state index in [9.17, 15) is 4.79 Å². The van der Waals surface area contributed by atoms with E-state index in [1.54, 1.807) is 17.6 Å².